The van der Waals surface area contributed by atoms with E-state index in [0.717, 1.165) is 31.6 Å². The van der Waals surface area contributed by atoms with Gasteiger partial charge in [-0.1, -0.05) is 0 Å². The Bertz CT molecular complexity index is 687. The first-order valence-corrected chi connectivity index (χ1v) is 8.94. The van der Waals surface area contributed by atoms with Crippen molar-refractivity contribution in [3.05, 3.63) is 27.4 Å². The number of rotatable bonds is 3. The normalized spacial score (nSPS) is 19.1. The zero-order valence-corrected chi connectivity index (χ0v) is 15.2. The molecule has 0 unspecified atom stereocenters. The number of hydrogen-bond donors (Lipinski definition) is 0. The lowest BCUT2D eigenvalue weighted by molar-refractivity contribution is -0.133. The highest BCUT2D eigenvalue weighted by molar-refractivity contribution is 5.77. The van der Waals surface area contributed by atoms with Gasteiger partial charge < -0.3 is 9.80 Å². The predicted octanol–water partition coefficient (Wildman–Crippen LogP) is 1.44. The number of piperidine rings is 1. The van der Waals surface area contributed by atoms with Gasteiger partial charge in [-0.3, -0.25) is 14.2 Å². The molecule has 1 aromatic heterocycles. The molecular weight excluding hydrogens is 304 g/mol. The van der Waals surface area contributed by atoms with Crippen LogP contribution >= 0.6 is 0 Å². The fourth-order valence-electron chi connectivity index (χ4n) is 3.75. The maximum Gasteiger partial charge on any atom is 0.258 e. The van der Waals surface area contributed by atoms with Crippen molar-refractivity contribution in [3.8, 4) is 0 Å². The Labute approximate surface area is 143 Å². The van der Waals surface area contributed by atoms with Crippen molar-refractivity contribution in [2.45, 2.75) is 59.2 Å². The Morgan fingerprint density at radius 1 is 1.25 bits per heavy atom. The van der Waals surface area contributed by atoms with Crippen molar-refractivity contribution in [1.82, 2.24) is 19.4 Å². The summed E-state index contributed by atoms with van der Waals surface area (Å²) in [7, 11) is 1.73. The number of aromatic nitrogens is 2. The van der Waals surface area contributed by atoms with Gasteiger partial charge in [-0.25, -0.2) is 4.98 Å². The maximum atomic E-state index is 12.7. The van der Waals surface area contributed by atoms with Crippen molar-refractivity contribution < 1.29 is 4.79 Å². The van der Waals surface area contributed by atoms with Crippen LogP contribution < -0.4 is 5.56 Å². The Morgan fingerprint density at radius 3 is 2.54 bits per heavy atom. The molecule has 0 bridgehead atoms. The van der Waals surface area contributed by atoms with Gasteiger partial charge in [0.1, 0.15) is 5.82 Å². The molecule has 1 saturated heterocycles. The van der Waals surface area contributed by atoms with Gasteiger partial charge in [0.05, 0.1) is 24.3 Å². The number of aryl methyl sites for hydroxylation is 1. The van der Waals surface area contributed by atoms with Gasteiger partial charge >= 0.3 is 0 Å². The SMILES string of the molecule is Cc1nc2c(c(=O)n1C)CN(C(=O)CC1CCN(C(C)C)CC1)C2. The molecule has 132 valence electrons. The van der Waals surface area contributed by atoms with E-state index < -0.39 is 0 Å². The molecule has 2 aliphatic rings. The molecule has 2 aliphatic heterocycles. The molecule has 0 spiro atoms. The summed E-state index contributed by atoms with van der Waals surface area (Å²) in [5, 5.41) is 0. The van der Waals surface area contributed by atoms with Gasteiger partial charge in [0.25, 0.3) is 5.56 Å². The second kappa shape index (κ2) is 6.67. The summed E-state index contributed by atoms with van der Waals surface area (Å²) in [4.78, 5) is 33.7. The third-order valence-electron chi connectivity index (χ3n) is 5.58. The molecule has 1 aromatic rings. The molecule has 6 nitrogen and oxygen atoms in total. The first-order valence-electron chi connectivity index (χ1n) is 8.94. The number of carbonyl (C=O) groups excluding carboxylic acids is 1. The molecule has 0 aromatic carbocycles. The lowest BCUT2D eigenvalue weighted by atomic mass is 9.92. The summed E-state index contributed by atoms with van der Waals surface area (Å²) in [6.07, 6.45) is 2.77. The highest BCUT2D eigenvalue weighted by Gasteiger charge is 2.30. The lowest BCUT2D eigenvalue weighted by Crippen LogP contribution is -2.39. The number of amides is 1. The second-order valence-electron chi connectivity index (χ2n) is 7.48. The second-order valence-corrected chi connectivity index (χ2v) is 7.48. The van der Waals surface area contributed by atoms with Gasteiger partial charge in [-0.2, -0.15) is 0 Å². The molecule has 24 heavy (non-hydrogen) atoms. The summed E-state index contributed by atoms with van der Waals surface area (Å²) in [5.74, 6) is 1.33. The third kappa shape index (κ3) is 3.24. The van der Waals surface area contributed by atoms with E-state index in [1.54, 1.807) is 16.5 Å². The largest absolute Gasteiger partial charge is 0.332 e. The van der Waals surface area contributed by atoms with E-state index >= 15 is 0 Å². The van der Waals surface area contributed by atoms with Crippen LogP contribution in [0.15, 0.2) is 4.79 Å². The fraction of sp³-hybridized carbons (Fsp3) is 0.722. The molecule has 0 N–H and O–H groups in total. The van der Waals surface area contributed by atoms with Gasteiger partial charge in [0.15, 0.2) is 0 Å². The molecule has 6 heteroatoms. The number of fused-ring (bicyclic) bond motifs is 1. The molecule has 3 heterocycles. The van der Waals surface area contributed by atoms with Crippen LogP contribution in [-0.4, -0.2) is 44.4 Å². The zero-order valence-electron chi connectivity index (χ0n) is 15.2. The van der Waals surface area contributed by atoms with Crippen molar-refractivity contribution in [3.63, 3.8) is 0 Å². The number of nitrogens with zero attached hydrogens (tertiary/aromatic N) is 4. The third-order valence-corrected chi connectivity index (χ3v) is 5.58. The highest BCUT2D eigenvalue weighted by atomic mass is 16.2. The number of likely N-dealkylation sites (tertiary alicyclic amines) is 1. The van der Waals surface area contributed by atoms with Crippen LogP contribution in [0.4, 0.5) is 0 Å². The average Bonchev–Trinajstić information content (AvgIpc) is 2.97. The van der Waals surface area contributed by atoms with E-state index in [9.17, 15) is 9.59 Å². The Balaban J connectivity index is 1.60. The molecule has 1 fully saturated rings. The summed E-state index contributed by atoms with van der Waals surface area (Å²) >= 11 is 0. The first-order chi connectivity index (χ1) is 11.4. The van der Waals surface area contributed by atoms with Crippen LogP contribution in [0.3, 0.4) is 0 Å². The van der Waals surface area contributed by atoms with E-state index in [-0.39, 0.29) is 11.5 Å². The van der Waals surface area contributed by atoms with Gasteiger partial charge in [0, 0.05) is 19.5 Å². The minimum Gasteiger partial charge on any atom is -0.332 e. The summed E-state index contributed by atoms with van der Waals surface area (Å²) < 4.78 is 1.56. The average molecular weight is 332 g/mol. The molecular formula is C18H28N4O2. The number of hydrogen-bond acceptors (Lipinski definition) is 4. The van der Waals surface area contributed by atoms with Crippen LogP contribution in [-0.2, 0) is 24.9 Å². The van der Waals surface area contributed by atoms with Crippen molar-refractivity contribution in [2.24, 2.45) is 13.0 Å². The predicted molar refractivity (Wildman–Crippen MR) is 92.5 cm³/mol. The van der Waals surface area contributed by atoms with E-state index in [4.69, 9.17) is 0 Å². The minimum absolute atomic E-state index is 0.0157. The minimum atomic E-state index is -0.0157. The smallest absolute Gasteiger partial charge is 0.258 e. The Hall–Kier alpha value is -1.69. The zero-order chi connectivity index (χ0) is 17.4. The van der Waals surface area contributed by atoms with Gasteiger partial charge in [0.2, 0.25) is 5.91 Å². The number of carbonyl (C=O) groups is 1. The van der Waals surface area contributed by atoms with Gasteiger partial charge in [-0.15, -0.1) is 0 Å². The van der Waals surface area contributed by atoms with Gasteiger partial charge in [-0.05, 0) is 52.6 Å². The van der Waals surface area contributed by atoms with Crippen LogP contribution in [0, 0.1) is 12.8 Å². The van der Waals surface area contributed by atoms with E-state index in [1.807, 2.05) is 6.92 Å². The van der Waals surface area contributed by atoms with Crippen molar-refractivity contribution >= 4 is 5.91 Å². The quantitative estimate of drug-likeness (QED) is 0.840. The standard InChI is InChI=1S/C18H28N4O2/c1-12(2)21-7-5-14(6-8-21)9-17(23)22-10-15-16(11-22)19-13(3)20(4)18(15)24/h12,14H,5-11H2,1-4H3. The molecule has 0 saturated carbocycles. The molecule has 0 atom stereocenters. The molecule has 0 aliphatic carbocycles. The first kappa shape index (κ1) is 17.1. The lowest BCUT2D eigenvalue weighted by Gasteiger charge is -2.34. The van der Waals surface area contributed by atoms with Crippen LogP contribution in [0.1, 0.15) is 50.2 Å². The van der Waals surface area contributed by atoms with Crippen molar-refractivity contribution in [1.29, 1.82) is 0 Å². The van der Waals surface area contributed by atoms with E-state index in [1.165, 1.54) is 0 Å². The maximum absolute atomic E-state index is 12.7. The summed E-state index contributed by atoms with van der Waals surface area (Å²) in [6.45, 7) is 9.34. The molecule has 1 amide bonds. The fourth-order valence-corrected chi connectivity index (χ4v) is 3.75. The van der Waals surface area contributed by atoms with Crippen LogP contribution in [0.5, 0.6) is 0 Å². The Morgan fingerprint density at radius 2 is 1.92 bits per heavy atom. The van der Waals surface area contributed by atoms with Crippen LogP contribution in [0.2, 0.25) is 0 Å². The summed E-state index contributed by atoms with van der Waals surface area (Å²) in [6, 6.07) is 0.584. The Kier molecular flexibility index (Phi) is 4.76. The summed E-state index contributed by atoms with van der Waals surface area (Å²) in [5.41, 5.74) is 1.45. The topological polar surface area (TPSA) is 58.4 Å². The highest BCUT2D eigenvalue weighted by Crippen LogP contribution is 2.25. The van der Waals surface area contributed by atoms with E-state index in [0.29, 0.717) is 42.9 Å². The molecule has 0 radical (unpaired) electrons. The van der Waals surface area contributed by atoms with Crippen molar-refractivity contribution in [2.75, 3.05) is 13.1 Å². The monoisotopic (exact) mass is 332 g/mol. The van der Waals surface area contributed by atoms with E-state index in [2.05, 4.69) is 23.7 Å². The molecule has 3 rings (SSSR count). The van der Waals surface area contributed by atoms with Crippen LogP contribution in [0.25, 0.3) is 0 Å².